The summed E-state index contributed by atoms with van der Waals surface area (Å²) < 4.78 is 29.9. The fraction of sp³-hybridized carbons (Fsp3) is 0.243. The molecule has 0 unspecified atom stereocenters. The fourth-order valence-corrected chi connectivity index (χ4v) is 8.36. The first-order chi connectivity index (χ1) is 23.2. The molecule has 1 amide bonds. The summed E-state index contributed by atoms with van der Waals surface area (Å²) in [6.45, 7) is 0. The second kappa shape index (κ2) is 15.2. The lowest BCUT2D eigenvalue weighted by Gasteiger charge is -2.21. The number of halogens is 2. The Morgan fingerprint density at radius 1 is 0.938 bits per heavy atom. The van der Waals surface area contributed by atoms with Crippen LogP contribution in [0.15, 0.2) is 102 Å². The van der Waals surface area contributed by atoms with Gasteiger partial charge in [-0.3, -0.25) is 9.10 Å². The average molecular weight is 720 g/mol. The zero-order valence-corrected chi connectivity index (χ0v) is 29.6. The number of benzene rings is 4. The summed E-state index contributed by atoms with van der Waals surface area (Å²) in [6.07, 6.45) is 9.34. The van der Waals surface area contributed by atoms with Crippen LogP contribution in [0.2, 0.25) is 10.0 Å². The minimum atomic E-state index is -4.05. The smallest absolute Gasteiger partial charge is 0.303 e. The maximum atomic E-state index is 12.5. The van der Waals surface area contributed by atoms with Gasteiger partial charge in [0.05, 0.1) is 16.4 Å². The van der Waals surface area contributed by atoms with Gasteiger partial charge in [-0.15, -0.1) is 11.8 Å². The molecule has 1 fully saturated rings. The summed E-state index contributed by atoms with van der Waals surface area (Å²) >= 11 is 14.7. The van der Waals surface area contributed by atoms with Crippen LogP contribution in [0.1, 0.15) is 43.5 Å². The molecule has 1 N–H and O–H groups in total. The highest BCUT2D eigenvalue weighted by atomic mass is 35.5. The number of hydrogen-bond donors (Lipinski definition) is 1. The van der Waals surface area contributed by atoms with Gasteiger partial charge in [-0.2, -0.15) is 8.42 Å². The number of carbonyl (C=O) groups excluding carboxylic acids is 1. The van der Waals surface area contributed by atoms with E-state index >= 15 is 0 Å². The summed E-state index contributed by atoms with van der Waals surface area (Å²) in [6, 6.07) is 29.6. The first kappa shape index (κ1) is 34.1. The van der Waals surface area contributed by atoms with Crippen molar-refractivity contribution in [1.82, 2.24) is 14.3 Å². The molecule has 7 nitrogen and oxygen atoms in total. The molecule has 0 radical (unpaired) electrons. The Kier molecular flexibility index (Phi) is 10.8. The predicted octanol–water partition coefficient (Wildman–Crippen LogP) is 9.20. The molecule has 1 aromatic heterocycles. The number of carbonyl (C=O) groups is 1. The topological polar surface area (TPSA) is 84.3 Å². The van der Waals surface area contributed by atoms with Crippen LogP contribution in [0, 0.1) is 5.92 Å². The van der Waals surface area contributed by atoms with Crippen LogP contribution >= 0.6 is 35.0 Å². The van der Waals surface area contributed by atoms with E-state index in [0.717, 1.165) is 32.7 Å². The Balaban J connectivity index is 1.28. The van der Waals surface area contributed by atoms with Crippen molar-refractivity contribution >= 4 is 57.3 Å². The van der Waals surface area contributed by atoms with E-state index < -0.39 is 10.2 Å². The summed E-state index contributed by atoms with van der Waals surface area (Å²) in [7, 11) is -2.67. The van der Waals surface area contributed by atoms with Crippen LogP contribution in [-0.2, 0) is 21.4 Å². The third-order valence-electron chi connectivity index (χ3n) is 8.71. The minimum Gasteiger partial charge on any atom is -0.303 e. The molecule has 0 saturated heterocycles. The molecule has 0 spiro atoms. The van der Waals surface area contributed by atoms with Crippen molar-refractivity contribution in [3.05, 3.63) is 119 Å². The molecule has 1 aliphatic carbocycles. The van der Waals surface area contributed by atoms with Crippen molar-refractivity contribution in [2.24, 2.45) is 5.92 Å². The Morgan fingerprint density at radius 2 is 1.71 bits per heavy atom. The van der Waals surface area contributed by atoms with Gasteiger partial charge in [-0.1, -0.05) is 84.9 Å². The molecule has 1 aliphatic rings. The molecule has 0 aliphatic heterocycles. The van der Waals surface area contributed by atoms with E-state index in [2.05, 4.69) is 48.5 Å². The van der Waals surface area contributed by atoms with Crippen molar-refractivity contribution in [3.8, 4) is 28.1 Å². The number of aromatic nitrogens is 2. The summed E-state index contributed by atoms with van der Waals surface area (Å²) in [5.74, 6) is 2.74. The van der Waals surface area contributed by atoms with Crippen molar-refractivity contribution in [3.63, 3.8) is 0 Å². The lowest BCUT2D eigenvalue weighted by atomic mass is 9.91. The number of amides is 1. The van der Waals surface area contributed by atoms with Gasteiger partial charge in [-0.25, -0.2) is 9.71 Å². The van der Waals surface area contributed by atoms with E-state index in [9.17, 15) is 13.2 Å². The van der Waals surface area contributed by atoms with Crippen LogP contribution in [0.25, 0.3) is 28.1 Å². The number of hydrogen-bond acceptors (Lipinski definition) is 5. The van der Waals surface area contributed by atoms with E-state index in [1.165, 1.54) is 55.4 Å². The van der Waals surface area contributed by atoms with E-state index in [0.29, 0.717) is 33.5 Å². The number of imidazole rings is 1. The van der Waals surface area contributed by atoms with E-state index in [4.69, 9.17) is 28.2 Å². The van der Waals surface area contributed by atoms with Crippen molar-refractivity contribution in [2.45, 2.75) is 43.4 Å². The molecule has 48 heavy (non-hydrogen) atoms. The monoisotopic (exact) mass is 718 g/mol. The van der Waals surface area contributed by atoms with Crippen molar-refractivity contribution < 1.29 is 13.2 Å². The molecule has 0 bridgehead atoms. The number of nitrogens with one attached hydrogen (secondary N) is 1. The number of thioether (sulfide) groups is 1. The van der Waals surface area contributed by atoms with Gasteiger partial charge in [0.15, 0.2) is 0 Å². The first-order valence-corrected chi connectivity index (χ1v) is 19.0. The number of anilines is 1. The fourth-order valence-electron chi connectivity index (χ4n) is 6.04. The molecule has 0 atom stereocenters. The lowest BCUT2D eigenvalue weighted by molar-refractivity contribution is -0.108. The van der Waals surface area contributed by atoms with Gasteiger partial charge < -0.3 is 4.57 Å². The maximum absolute atomic E-state index is 12.5. The average Bonchev–Trinajstić information content (AvgIpc) is 3.51. The van der Waals surface area contributed by atoms with E-state index in [-0.39, 0.29) is 6.41 Å². The molecule has 11 heteroatoms. The zero-order chi connectivity index (χ0) is 33.7. The van der Waals surface area contributed by atoms with Gasteiger partial charge >= 0.3 is 10.2 Å². The summed E-state index contributed by atoms with van der Waals surface area (Å²) in [5.41, 5.74) is 5.85. The molecule has 248 valence electrons. The third kappa shape index (κ3) is 8.09. The molecule has 1 heterocycles. The molecule has 6 rings (SSSR count). The van der Waals surface area contributed by atoms with Crippen LogP contribution < -0.4 is 9.03 Å². The summed E-state index contributed by atoms with van der Waals surface area (Å²) in [5, 5.41) is 0.999. The number of rotatable bonds is 12. The molecule has 4 aromatic carbocycles. The highest BCUT2D eigenvalue weighted by Crippen LogP contribution is 2.34. The Labute approximate surface area is 296 Å². The van der Waals surface area contributed by atoms with Crippen LogP contribution in [0.4, 0.5) is 5.69 Å². The minimum absolute atomic E-state index is 0.144. The predicted molar refractivity (Wildman–Crippen MR) is 198 cm³/mol. The van der Waals surface area contributed by atoms with Crippen molar-refractivity contribution in [1.29, 1.82) is 0 Å². The van der Waals surface area contributed by atoms with Gasteiger partial charge in [0, 0.05) is 46.6 Å². The Morgan fingerprint density at radius 3 is 2.46 bits per heavy atom. The quantitative estimate of drug-likeness (QED) is 0.103. The highest BCUT2D eigenvalue weighted by Gasteiger charge is 2.20. The molecule has 1 saturated carbocycles. The SMILES string of the molecule is CN(c1cccc(-n2cc(-c3ccc(Cl)cc3Cl)nc2Cc2ccc(-c3cccc(SCC4CCCCC4)c3)cc2)c1)S(=O)(=O)NC=O. The maximum Gasteiger partial charge on any atom is 0.325 e. The molecular weight excluding hydrogens is 683 g/mol. The van der Waals surface area contributed by atoms with Gasteiger partial charge in [0.1, 0.15) is 5.82 Å². The summed E-state index contributed by atoms with van der Waals surface area (Å²) in [4.78, 5) is 17.2. The van der Waals surface area contributed by atoms with E-state index in [1.54, 1.807) is 30.3 Å². The normalized spacial score (nSPS) is 13.7. The Hall–Kier alpha value is -3.76. The second-order valence-corrected chi connectivity index (χ2v) is 15.7. The van der Waals surface area contributed by atoms with Crippen LogP contribution in [0.3, 0.4) is 0 Å². The second-order valence-electron chi connectivity index (χ2n) is 12.0. The number of nitrogens with zero attached hydrogens (tertiary/aromatic N) is 3. The Bertz CT molecular complexity index is 2010. The lowest BCUT2D eigenvalue weighted by Crippen LogP contribution is -2.37. The molecule has 5 aromatic rings. The van der Waals surface area contributed by atoms with Gasteiger partial charge in [-0.05, 0) is 84.0 Å². The zero-order valence-electron chi connectivity index (χ0n) is 26.5. The molecular formula is C37H36Cl2N4O3S2. The standard InChI is InChI=1S/C37H36Cl2N4O3S2/c1-42(48(45,46)40-25-44)31-10-6-11-32(22-31)43-23-36(34-18-17-30(38)21-35(34)39)41-37(43)19-26-13-15-28(16-14-26)29-9-5-12-33(20-29)47-24-27-7-3-2-4-8-27/h5-6,9-18,20-23,25,27H,2-4,7-8,19,24H2,1H3,(H,40,44). The highest BCUT2D eigenvalue weighted by molar-refractivity contribution is 7.99. The van der Waals surface area contributed by atoms with Crippen LogP contribution in [0.5, 0.6) is 0 Å². The van der Waals surface area contributed by atoms with Gasteiger partial charge in [0.2, 0.25) is 6.41 Å². The van der Waals surface area contributed by atoms with E-state index in [1.807, 2.05) is 39.4 Å². The van der Waals surface area contributed by atoms with Crippen molar-refractivity contribution in [2.75, 3.05) is 17.1 Å². The largest absolute Gasteiger partial charge is 0.325 e. The third-order valence-corrected chi connectivity index (χ3v) is 11.8. The van der Waals surface area contributed by atoms with Crippen LogP contribution in [-0.4, -0.2) is 37.2 Å². The van der Waals surface area contributed by atoms with Gasteiger partial charge in [0.25, 0.3) is 0 Å². The first-order valence-electron chi connectivity index (χ1n) is 15.9.